The number of hydrogen-bond donors (Lipinski definition) is 2. The minimum Gasteiger partial charge on any atom is -0.478 e. The average Bonchev–Trinajstić information content (AvgIpc) is 2.78. The lowest BCUT2D eigenvalue weighted by molar-refractivity contribution is 0.0674. The molecule has 0 radical (unpaired) electrons. The molecule has 1 unspecified atom stereocenters. The highest BCUT2D eigenvalue weighted by Crippen LogP contribution is 2.38. The van der Waals surface area contributed by atoms with Gasteiger partial charge in [0.1, 0.15) is 5.60 Å². The zero-order valence-corrected chi connectivity index (χ0v) is 11.1. The fourth-order valence-electron chi connectivity index (χ4n) is 1.83. The zero-order valence-electron chi connectivity index (χ0n) is 9.55. The molecule has 2 aromatic rings. The summed E-state index contributed by atoms with van der Waals surface area (Å²) in [5, 5.41) is 21.8. The first-order chi connectivity index (χ1) is 8.44. The summed E-state index contributed by atoms with van der Waals surface area (Å²) in [4.78, 5) is 11.5. The quantitative estimate of drug-likeness (QED) is 0.907. The van der Waals surface area contributed by atoms with Crippen molar-refractivity contribution in [3.8, 4) is 0 Å². The molecule has 18 heavy (non-hydrogen) atoms. The van der Waals surface area contributed by atoms with Crippen LogP contribution < -0.4 is 0 Å². The molecule has 94 valence electrons. The Hall–Kier alpha value is -1.36. The Kier molecular flexibility index (Phi) is 3.43. The molecule has 0 amide bonds. The second kappa shape index (κ2) is 4.72. The first-order valence-corrected chi connectivity index (χ1v) is 6.49. The van der Waals surface area contributed by atoms with E-state index in [1.54, 1.807) is 36.6 Å². The maximum Gasteiger partial charge on any atom is 0.336 e. The van der Waals surface area contributed by atoms with Crippen molar-refractivity contribution in [2.75, 3.05) is 0 Å². The summed E-state index contributed by atoms with van der Waals surface area (Å²) in [6, 6.07) is 8.35. The van der Waals surface area contributed by atoms with Gasteiger partial charge in [0.2, 0.25) is 0 Å². The van der Waals surface area contributed by atoms with Crippen LogP contribution in [0.15, 0.2) is 35.7 Å². The highest BCUT2D eigenvalue weighted by atomic mass is 35.5. The number of carboxylic acid groups (broad SMARTS) is 1. The fourth-order valence-corrected chi connectivity index (χ4v) is 3.11. The van der Waals surface area contributed by atoms with Crippen LogP contribution in [-0.2, 0) is 5.60 Å². The maximum absolute atomic E-state index is 11.1. The number of thiophene rings is 1. The van der Waals surface area contributed by atoms with E-state index < -0.39 is 11.6 Å². The van der Waals surface area contributed by atoms with Gasteiger partial charge in [-0.05, 0) is 24.4 Å². The molecule has 1 heterocycles. The van der Waals surface area contributed by atoms with Crippen LogP contribution in [0.4, 0.5) is 0 Å². The summed E-state index contributed by atoms with van der Waals surface area (Å²) in [7, 11) is 0. The van der Waals surface area contributed by atoms with Gasteiger partial charge in [0.05, 0.1) is 10.4 Å². The van der Waals surface area contributed by atoms with E-state index in [0.717, 1.165) is 0 Å². The lowest BCUT2D eigenvalue weighted by Gasteiger charge is -2.24. The summed E-state index contributed by atoms with van der Waals surface area (Å²) in [6.45, 7) is 1.55. The number of carboxylic acids is 1. The molecule has 1 aromatic carbocycles. The first-order valence-electron chi connectivity index (χ1n) is 5.23. The summed E-state index contributed by atoms with van der Waals surface area (Å²) in [6.07, 6.45) is 0. The van der Waals surface area contributed by atoms with Crippen molar-refractivity contribution >= 4 is 28.9 Å². The normalized spacial score (nSPS) is 14.2. The lowest BCUT2D eigenvalue weighted by Crippen LogP contribution is -2.24. The molecular formula is C13H11ClO3S. The van der Waals surface area contributed by atoms with Crippen molar-refractivity contribution in [1.82, 2.24) is 0 Å². The monoisotopic (exact) mass is 282 g/mol. The van der Waals surface area contributed by atoms with Crippen LogP contribution in [0.5, 0.6) is 0 Å². The summed E-state index contributed by atoms with van der Waals surface area (Å²) >= 11 is 7.25. The smallest absolute Gasteiger partial charge is 0.336 e. The van der Waals surface area contributed by atoms with Gasteiger partial charge in [0.25, 0.3) is 0 Å². The first kappa shape index (κ1) is 13.1. The van der Waals surface area contributed by atoms with Crippen molar-refractivity contribution in [3.05, 3.63) is 56.7 Å². The Balaban J connectivity index is 2.58. The number of aromatic carboxylic acids is 1. The van der Waals surface area contributed by atoms with Crippen molar-refractivity contribution in [1.29, 1.82) is 0 Å². The topological polar surface area (TPSA) is 57.5 Å². The molecule has 1 atom stereocenters. The second-order valence-corrected chi connectivity index (χ2v) is 5.34. The van der Waals surface area contributed by atoms with Gasteiger partial charge in [-0.15, -0.1) is 11.3 Å². The third-order valence-corrected chi connectivity index (χ3v) is 4.19. The van der Waals surface area contributed by atoms with Gasteiger partial charge < -0.3 is 10.2 Å². The molecule has 0 saturated heterocycles. The molecule has 2 N–H and O–H groups in total. The highest BCUT2D eigenvalue weighted by molar-refractivity contribution is 7.10. The van der Waals surface area contributed by atoms with Crippen molar-refractivity contribution in [2.24, 2.45) is 0 Å². The van der Waals surface area contributed by atoms with E-state index in [4.69, 9.17) is 16.7 Å². The van der Waals surface area contributed by atoms with E-state index in [2.05, 4.69) is 0 Å². The number of halogens is 1. The van der Waals surface area contributed by atoms with Crippen molar-refractivity contribution < 1.29 is 15.0 Å². The van der Waals surface area contributed by atoms with E-state index in [-0.39, 0.29) is 5.56 Å². The average molecular weight is 283 g/mol. The molecule has 0 bridgehead atoms. The molecule has 0 saturated carbocycles. The van der Waals surface area contributed by atoms with Crippen LogP contribution in [0.1, 0.15) is 27.7 Å². The molecule has 0 aliphatic heterocycles. The second-order valence-electron chi connectivity index (χ2n) is 4.02. The molecule has 1 aromatic heterocycles. The molecule has 0 spiro atoms. The standard InChI is InChI=1S/C13H11ClO3S/c1-13(17,9-4-2-3-5-10(9)14)11-8(12(15)16)6-7-18-11/h2-7,17H,1H3,(H,15,16). The molecule has 0 fully saturated rings. The van der Waals surface area contributed by atoms with E-state index in [1.807, 2.05) is 0 Å². The van der Waals surface area contributed by atoms with Gasteiger partial charge >= 0.3 is 5.97 Å². The van der Waals surface area contributed by atoms with E-state index in [1.165, 1.54) is 17.4 Å². The van der Waals surface area contributed by atoms with Gasteiger partial charge in [-0.2, -0.15) is 0 Å². The van der Waals surface area contributed by atoms with Crippen LogP contribution in [0.25, 0.3) is 0 Å². The predicted molar refractivity (Wildman–Crippen MR) is 71.4 cm³/mol. The van der Waals surface area contributed by atoms with Crippen LogP contribution in [0.3, 0.4) is 0 Å². The van der Waals surface area contributed by atoms with Gasteiger partial charge in [-0.25, -0.2) is 4.79 Å². The molecule has 0 aliphatic rings. The SMILES string of the molecule is CC(O)(c1ccccc1Cl)c1sccc1C(=O)O. The Morgan fingerprint density at radius 3 is 2.61 bits per heavy atom. The van der Waals surface area contributed by atoms with Gasteiger partial charge in [-0.3, -0.25) is 0 Å². The third-order valence-electron chi connectivity index (χ3n) is 2.74. The largest absolute Gasteiger partial charge is 0.478 e. The molecule has 2 rings (SSSR count). The van der Waals surface area contributed by atoms with E-state index in [9.17, 15) is 9.90 Å². The molecular weight excluding hydrogens is 272 g/mol. The third kappa shape index (κ3) is 2.14. The molecule has 0 aliphatic carbocycles. The number of hydrogen-bond acceptors (Lipinski definition) is 3. The lowest BCUT2D eigenvalue weighted by atomic mass is 9.92. The zero-order chi connectivity index (χ0) is 13.3. The van der Waals surface area contributed by atoms with Crippen LogP contribution >= 0.6 is 22.9 Å². The van der Waals surface area contributed by atoms with Gasteiger partial charge in [0.15, 0.2) is 0 Å². The molecule has 5 heteroatoms. The number of rotatable bonds is 3. The summed E-state index contributed by atoms with van der Waals surface area (Å²) < 4.78 is 0. The van der Waals surface area contributed by atoms with Crippen LogP contribution in [-0.4, -0.2) is 16.2 Å². The Morgan fingerprint density at radius 2 is 2.00 bits per heavy atom. The predicted octanol–water partition coefficient (Wildman–Crippen LogP) is 3.36. The summed E-state index contributed by atoms with van der Waals surface area (Å²) in [5.74, 6) is -1.06. The highest BCUT2D eigenvalue weighted by Gasteiger charge is 2.33. The summed E-state index contributed by atoms with van der Waals surface area (Å²) in [5.41, 5.74) is -0.818. The Bertz CT molecular complexity index is 589. The van der Waals surface area contributed by atoms with Crippen molar-refractivity contribution in [3.63, 3.8) is 0 Å². The number of aliphatic hydroxyl groups is 1. The van der Waals surface area contributed by atoms with Crippen LogP contribution in [0.2, 0.25) is 5.02 Å². The number of carbonyl (C=O) groups is 1. The minimum atomic E-state index is -1.42. The van der Waals surface area contributed by atoms with Crippen molar-refractivity contribution in [2.45, 2.75) is 12.5 Å². The fraction of sp³-hybridized carbons (Fsp3) is 0.154. The molecule has 3 nitrogen and oxygen atoms in total. The maximum atomic E-state index is 11.1. The van der Waals surface area contributed by atoms with E-state index in [0.29, 0.717) is 15.5 Å². The number of benzene rings is 1. The van der Waals surface area contributed by atoms with Crippen LogP contribution in [0, 0.1) is 0 Å². The van der Waals surface area contributed by atoms with Gasteiger partial charge in [0, 0.05) is 10.6 Å². The van der Waals surface area contributed by atoms with E-state index >= 15 is 0 Å². The van der Waals surface area contributed by atoms with Gasteiger partial charge in [-0.1, -0.05) is 29.8 Å². The Morgan fingerprint density at radius 1 is 1.33 bits per heavy atom. The Labute approximate surface area is 113 Å². The minimum absolute atomic E-state index is 0.102.